The molecule has 0 radical (unpaired) electrons. The smallest absolute Gasteiger partial charge is 0.313 e. The fourth-order valence-electron chi connectivity index (χ4n) is 1.06. The summed E-state index contributed by atoms with van der Waals surface area (Å²) < 4.78 is 6.22. The van der Waals surface area contributed by atoms with E-state index in [1.54, 1.807) is 6.92 Å². The van der Waals surface area contributed by atoms with Gasteiger partial charge < -0.3 is 9.63 Å². The molecule has 1 N–H and O–H groups in total. The fraction of sp³-hybridized carbons (Fsp3) is 0.429. The van der Waals surface area contributed by atoms with Crippen LogP contribution in [0.2, 0.25) is 0 Å². The van der Waals surface area contributed by atoms with Crippen LogP contribution in [0.1, 0.15) is 11.7 Å². The number of hydrogen-bond donors (Lipinski definition) is 1. The van der Waals surface area contributed by atoms with Crippen molar-refractivity contribution in [2.75, 3.05) is 5.75 Å². The monoisotopic (exact) mass is 256 g/mol. The van der Waals surface area contributed by atoms with Crippen molar-refractivity contribution < 1.29 is 14.4 Å². The number of aliphatic carboxylic acids is 1. The highest BCUT2D eigenvalue weighted by molar-refractivity contribution is 7.99. The van der Waals surface area contributed by atoms with Gasteiger partial charge in [0.25, 0.3) is 0 Å². The molecule has 0 saturated heterocycles. The third-order valence-corrected chi connectivity index (χ3v) is 2.63. The first-order valence-electron chi connectivity index (χ1n) is 4.55. The average Bonchev–Trinajstić information content (AvgIpc) is 2.86. The van der Waals surface area contributed by atoms with Crippen LogP contribution < -0.4 is 0 Å². The number of aromatic nitrogens is 6. The Balaban J connectivity index is 2.06. The first-order valence-corrected chi connectivity index (χ1v) is 5.53. The number of hydrogen-bond acceptors (Lipinski definition) is 8. The molecule has 0 atom stereocenters. The normalized spacial score (nSPS) is 10.6. The molecule has 0 aromatic carbocycles. The molecule has 0 spiro atoms. The predicted molar refractivity (Wildman–Crippen MR) is 54.3 cm³/mol. The Morgan fingerprint density at radius 3 is 3.06 bits per heavy atom. The van der Waals surface area contributed by atoms with Crippen molar-refractivity contribution in [2.45, 2.75) is 18.6 Å². The minimum Gasteiger partial charge on any atom is -0.481 e. The van der Waals surface area contributed by atoms with Crippen molar-refractivity contribution in [1.82, 2.24) is 30.3 Å². The van der Waals surface area contributed by atoms with Gasteiger partial charge in [0.1, 0.15) is 6.54 Å². The Hall–Kier alpha value is -1.97. The lowest BCUT2D eigenvalue weighted by molar-refractivity contribution is -0.133. The van der Waals surface area contributed by atoms with Crippen LogP contribution in [0.3, 0.4) is 0 Å². The molecule has 2 aromatic heterocycles. The number of nitrogens with zero attached hydrogens (tertiary/aromatic N) is 6. The van der Waals surface area contributed by atoms with Crippen LogP contribution in [-0.4, -0.2) is 47.2 Å². The fourth-order valence-corrected chi connectivity index (χ4v) is 1.66. The molecule has 2 rings (SSSR count). The molecule has 0 unspecified atom stereocenters. The largest absolute Gasteiger partial charge is 0.481 e. The van der Waals surface area contributed by atoms with Gasteiger partial charge >= 0.3 is 5.97 Å². The highest BCUT2D eigenvalue weighted by Crippen LogP contribution is 2.13. The number of rotatable bonds is 5. The van der Waals surface area contributed by atoms with Crippen LogP contribution >= 0.6 is 11.8 Å². The van der Waals surface area contributed by atoms with Gasteiger partial charge in [-0.2, -0.15) is 4.98 Å². The Labute approximate surface area is 99.2 Å². The number of tetrazole rings is 1. The second-order valence-corrected chi connectivity index (χ2v) is 3.97. The van der Waals surface area contributed by atoms with Gasteiger partial charge in [-0.05, 0) is 10.4 Å². The lowest BCUT2D eigenvalue weighted by Gasteiger charge is -1.98. The van der Waals surface area contributed by atoms with E-state index in [1.165, 1.54) is 4.68 Å². The van der Waals surface area contributed by atoms with Crippen LogP contribution in [0.15, 0.2) is 9.68 Å². The maximum Gasteiger partial charge on any atom is 0.313 e. The number of carboxylic acid groups (broad SMARTS) is 1. The van der Waals surface area contributed by atoms with Gasteiger partial charge in [-0.15, -0.1) is 5.10 Å². The summed E-state index contributed by atoms with van der Waals surface area (Å²) in [4.78, 5) is 14.4. The van der Waals surface area contributed by atoms with E-state index in [4.69, 9.17) is 9.63 Å². The molecule has 2 aromatic rings. The molecule has 90 valence electrons. The van der Waals surface area contributed by atoms with Gasteiger partial charge in [-0.25, -0.2) is 4.68 Å². The summed E-state index contributed by atoms with van der Waals surface area (Å²) in [6.45, 7) is 1.92. The van der Waals surface area contributed by atoms with Gasteiger partial charge in [0.05, 0.1) is 5.75 Å². The molecule has 17 heavy (non-hydrogen) atoms. The quantitative estimate of drug-likeness (QED) is 0.711. The number of carbonyl (C=O) groups is 1. The van der Waals surface area contributed by atoms with Gasteiger partial charge in [0.2, 0.25) is 11.0 Å². The molecule has 0 fully saturated rings. The molecule has 0 amide bonds. The maximum atomic E-state index is 10.4. The second-order valence-electron chi connectivity index (χ2n) is 3.03. The van der Waals surface area contributed by atoms with Crippen molar-refractivity contribution in [3.63, 3.8) is 0 Å². The Kier molecular flexibility index (Phi) is 3.32. The Morgan fingerprint density at radius 1 is 1.59 bits per heavy atom. The lowest BCUT2D eigenvalue weighted by atomic mass is 10.6. The van der Waals surface area contributed by atoms with Gasteiger partial charge in [-0.3, -0.25) is 4.79 Å². The minimum atomic E-state index is -0.931. The molecule has 0 saturated carbocycles. The van der Waals surface area contributed by atoms with Crippen LogP contribution in [0.25, 0.3) is 0 Å². The van der Waals surface area contributed by atoms with Crippen LogP contribution in [0.5, 0.6) is 0 Å². The van der Waals surface area contributed by atoms with E-state index in [-0.39, 0.29) is 12.3 Å². The van der Waals surface area contributed by atoms with Gasteiger partial charge in [-0.1, -0.05) is 16.9 Å². The van der Waals surface area contributed by atoms with E-state index in [0.29, 0.717) is 16.9 Å². The molecule has 2 heterocycles. The van der Waals surface area contributed by atoms with Crippen LogP contribution in [-0.2, 0) is 11.3 Å². The zero-order chi connectivity index (χ0) is 12.3. The highest BCUT2D eigenvalue weighted by Gasteiger charge is 2.12. The summed E-state index contributed by atoms with van der Waals surface area (Å²) in [7, 11) is 0. The minimum absolute atomic E-state index is 0.106. The molecule has 10 heteroatoms. The molecule has 0 bridgehead atoms. The number of thioether (sulfide) groups is 1. The van der Waals surface area contributed by atoms with Crippen molar-refractivity contribution in [1.29, 1.82) is 0 Å². The highest BCUT2D eigenvalue weighted by atomic mass is 32.2. The predicted octanol–water partition coefficient (Wildman–Crippen LogP) is -0.410. The first kappa shape index (κ1) is 11.5. The molecule has 9 nitrogen and oxygen atoms in total. The van der Waals surface area contributed by atoms with Crippen molar-refractivity contribution in [3.8, 4) is 0 Å². The Morgan fingerprint density at radius 2 is 2.41 bits per heavy atom. The zero-order valence-electron chi connectivity index (χ0n) is 8.77. The maximum absolute atomic E-state index is 10.4. The summed E-state index contributed by atoms with van der Waals surface area (Å²) in [5.41, 5.74) is 0. The first-order chi connectivity index (χ1) is 8.15. The van der Waals surface area contributed by atoms with E-state index in [9.17, 15) is 4.79 Å². The number of aryl methyl sites for hydroxylation is 1. The van der Waals surface area contributed by atoms with Gasteiger partial charge in [0.15, 0.2) is 5.82 Å². The Bertz CT molecular complexity index is 523. The molecule has 0 aliphatic heterocycles. The van der Waals surface area contributed by atoms with E-state index in [0.717, 1.165) is 11.8 Å². The summed E-state index contributed by atoms with van der Waals surface area (Å²) in [6, 6.07) is 0. The van der Waals surface area contributed by atoms with Crippen molar-refractivity contribution in [3.05, 3.63) is 11.7 Å². The summed E-state index contributed by atoms with van der Waals surface area (Å²) >= 11 is 1.03. The standard InChI is InChI=1S/C7H8N6O3S/c1-4-8-5(10-16-4)2-13-7(9-11-12-13)17-3-6(14)15/h2-3H2,1H3,(H,14,15). The SMILES string of the molecule is Cc1nc(Cn2nnnc2SCC(=O)O)no1. The molecule has 0 aliphatic rings. The molecular weight excluding hydrogens is 248 g/mol. The summed E-state index contributed by atoms with van der Waals surface area (Å²) in [5, 5.41) is 23.5. The van der Waals surface area contributed by atoms with E-state index >= 15 is 0 Å². The van der Waals surface area contributed by atoms with E-state index < -0.39 is 5.97 Å². The third-order valence-electron chi connectivity index (χ3n) is 1.68. The molecule has 0 aliphatic carbocycles. The molecular formula is C7H8N6O3S. The lowest BCUT2D eigenvalue weighted by Crippen LogP contribution is -2.07. The second kappa shape index (κ2) is 4.91. The van der Waals surface area contributed by atoms with E-state index in [2.05, 4.69) is 25.7 Å². The van der Waals surface area contributed by atoms with Crippen LogP contribution in [0, 0.1) is 6.92 Å². The van der Waals surface area contributed by atoms with Gasteiger partial charge in [0, 0.05) is 6.92 Å². The topological polar surface area (TPSA) is 120 Å². The average molecular weight is 256 g/mol. The number of carboxylic acids is 1. The summed E-state index contributed by atoms with van der Waals surface area (Å²) in [5.74, 6) is -0.147. The van der Waals surface area contributed by atoms with E-state index in [1.807, 2.05) is 0 Å². The zero-order valence-corrected chi connectivity index (χ0v) is 9.59. The third kappa shape index (κ3) is 3.00. The summed E-state index contributed by atoms with van der Waals surface area (Å²) in [6.07, 6.45) is 0. The van der Waals surface area contributed by atoms with Crippen LogP contribution in [0.4, 0.5) is 0 Å². The van der Waals surface area contributed by atoms with Crippen molar-refractivity contribution >= 4 is 17.7 Å². The van der Waals surface area contributed by atoms with Crippen molar-refractivity contribution in [2.24, 2.45) is 0 Å².